The van der Waals surface area contributed by atoms with Gasteiger partial charge in [-0.25, -0.2) is 4.98 Å². The quantitative estimate of drug-likeness (QED) is 0.868. The summed E-state index contributed by atoms with van der Waals surface area (Å²) in [6.45, 7) is 0. The highest BCUT2D eigenvalue weighted by atomic mass is 19.4. The fourth-order valence-electron chi connectivity index (χ4n) is 1.93. The van der Waals surface area contributed by atoms with E-state index in [4.69, 9.17) is 0 Å². The fourth-order valence-corrected chi connectivity index (χ4v) is 1.93. The van der Waals surface area contributed by atoms with Gasteiger partial charge in [-0.15, -0.1) is 5.11 Å². The van der Waals surface area contributed by atoms with Crippen molar-refractivity contribution in [1.82, 2.24) is 9.97 Å². The largest absolute Gasteiger partial charge is 0.435 e. The Bertz CT molecular complexity index is 764. The zero-order chi connectivity index (χ0) is 15.7. The van der Waals surface area contributed by atoms with E-state index in [2.05, 4.69) is 20.2 Å². The number of alkyl halides is 3. The molecule has 114 valence electrons. The minimum atomic E-state index is -4.76. The molecule has 8 heteroatoms. The Morgan fingerprint density at radius 1 is 1.14 bits per heavy atom. The van der Waals surface area contributed by atoms with Gasteiger partial charge in [0.25, 0.3) is 5.56 Å². The summed E-state index contributed by atoms with van der Waals surface area (Å²) in [5.41, 5.74) is -2.69. The number of halogens is 3. The molecule has 0 radical (unpaired) electrons. The Hall–Kier alpha value is -2.51. The number of aromatic nitrogens is 2. The summed E-state index contributed by atoms with van der Waals surface area (Å²) in [6.07, 6.45) is -3.31. The number of nitrogens with one attached hydrogen (secondary N) is 1. The van der Waals surface area contributed by atoms with Crippen LogP contribution in [0.1, 0.15) is 30.3 Å². The molecule has 0 unspecified atom stereocenters. The van der Waals surface area contributed by atoms with Crippen LogP contribution in [0.4, 0.5) is 24.5 Å². The van der Waals surface area contributed by atoms with Gasteiger partial charge >= 0.3 is 6.18 Å². The van der Waals surface area contributed by atoms with Gasteiger partial charge in [-0.1, -0.05) is 18.2 Å². The molecule has 0 aliphatic heterocycles. The minimum absolute atomic E-state index is 0.0657. The summed E-state index contributed by atoms with van der Waals surface area (Å²) in [6, 6.07) is 8.20. The van der Waals surface area contributed by atoms with E-state index in [1.807, 2.05) is 0 Å². The third-order valence-electron chi connectivity index (χ3n) is 3.17. The van der Waals surface area contributed by atoms with Crippen LogP contribution in [0.5, 0.6) is 0 Å². The number of azo groups is 1. The highest BCUT2D eigenvalue weighted by Gasteiger charge is 2.39. The van der Waals surface area contributed by atoms with Crippen molar-refractivity contribution in [1.29, 1.82) is 0 Å². The van der Waals surface area contributed by atoms with Gasteiger partial charge in [0.05, 0.1) is 5.69 Å². The lowest BCUT2D eigenvalue weighted by Gasteiger charge is -2.09. The second kappa shape index (κ2) is 5.36. The normalized spacial score (nSPS) is 15.4. The molecule has 1 aromatic carbocycles. The summed E-state index contributed by atoms with van der Waals surface area (Å²) >= 11 is 0. The Balaban J connectivity index is 2.06. The smallest absolute Gasteiger partial charge is 0.308 e. The number of aromatic amines is 1. The SMILES string of the molecule is O=c1[nH]c(C2CC2)nc(C(F)(F)F)c1N=Nc1ccccc1. The van der Waals surface area contributed by atoms with Crippen LogP contribution >= 0.6 is 0 Å². The molecule has 1 aliphatic carbocycles. The first-order valence-electron chi connectivity index (χ1n) is 6.63. The third-order valence-corrected chi connectivity index (χ3v) is 3.17. The van der Waals surface area contributed by atoms with Gasteiger partial charge in [-0.2, -0.15) is 18.3 Å². The average Bonchev–Trinajstić information content (AvgIpc) is 3.30. The molecule has 0 bridgehead atoms. The Morgan fingerprint density at radius 3 is 2.41 bits per heavy atom. The van der Waals surface area contributed by atoms with Gasteiger partial charge in [-0.05, 0) is 25.0 Å². The summed E-state index contributed by atoms with van der Waals surface area (Å²) in [5, 5.41) is 7.13. The summed E-state index contributed by atoms with van der Waals surface area (Å²) in [5.74, 6) is -0.0371. The molecule has 1 aliphatic rings. The number of benzene rings is 1. The van der Waals surface area contributed by atoms with E-state index in [9.17, 15) is 18.0 Å². The minimum Gasteiger partial charge on any atom is -0.308 e. The zero-order valence-corrected chi connectivity index (χ0v) is 11.3. The second-order valence-corrected chi connectivity index (χ2v) is 4.96. The molecule has 2 aromatic rings. The van der Waals surface area contributed by atoms with Gasteiger partial charge in [0.15, 0.2) is 11.4 Å². The van der Waals surface area contributed by atoms with Gasteiger partial charge in [0.2, 0.25) is 0 Å². The number of rotatable bonds is 3. The highest BCUT2D eigenvalue weighted by Crippen LogP contribution is 2.40. The lowest BCUT2D eigenvalue weighted by Crippen LogP contribution is -2.19. The van der Waals surface area contributed by atoms with E-state index >= 15 is 0 Å². The fraction of sp³-hybridized carbons (Fsp3) is 0.286. The lowest BCUT2D eigenvalue weighted by molar-refractivity contribution is -0.140. The lowest BCUT2D eigenvalue weighted by atomic mass is 10.3. The van der Waals surface area contributed by atoms with E-state index in [1.165, 1.54) is 0 Å². The molecule has 0 saturated heterocycles. The molecule has 0 amide bonds. The molecule has 22 heavy (non-hydrogen) atoms. The van der Waals surface area contributed by atoms with Gasteiger partial charge in [0.1, 0.15) is 5.82 Å². The number of nitrogens with zero attached hydrogens (tertiary/aromatic N) is 3. The summed E-state index contributed by atoms with van der Waals surface area (Å²) < 4.78 is 39.3. The van der Waals surface area contributed by atoms with Crippen LogP contribution in [0.25, 0.3) is 0 Å². The molecule has 0 spiro atoms. The van der Waals surface area contributed by atoms with Crippen molar-refractivity contribution in [2.75, 3.05) is 0 Å². The van der Waals surface area contributed by atoms with Gasteiger partial charge < -0.3 is 4.98 Å². The predicted molar refractivity (Wildman–Crippen MR) is 72.5 cm³/mol. The van der Waals surface area contributed by atoms with Crippen LogP contribution in [0.3, 0.4) is 0 Å². The molecule has 3 rings (SSSR count). The van der Waals surface area contributed by atoms with Crippen molar-refractivity contribution in [3.63, 3.8) is 0 Å². The van der Waals surface area contributed by atoms with Crippen molar-refractivity contribution in [3.8, 4) is 0 Å². The van der Waals surface area contributed by atoms with E-state index in [-0.39, 0.29) is 11.7 Å². The van der Waals surface area contributed by atoms with Crippen molar-refractivity contribution >= 4 is 11.4 Å². The Morgan fingerprint density at radius 2 is 1.82 bits per heavy atom. The summed E-state index contributed by atoms with van der Waals surface area (Å²) in [7, 11) is 0. The number of hydrogen-bond donors (Lipinski definition) is 1. The molecule has 1 fully saturated rings. The highest BCUT2D eigenvalue weighted by molar-refractivity contribution is 5.43. The first-order chi connectivity index (χ1) is 10.4. The van der Waals surface area contributed by atoms with Crippen molar-refractivity contribution < 1.29 is 13.2 Å². The van der Waals surface area contributed by atoms with Crippen LogP contribution in [-0.4, -0.2) is 9.97 Å². The molecule has 0 atom stereocenters. The number of hydrogen-bond acceptors (Lipinski definition) is 4. The monoisotopic (exact) mass is 308 g/mol. The molecule has 1 saturated carbocycles. The van der Waals surface area contributed by atoms with Crippen LogP contribution in [0.15, 0.2) is 45.4 Å². The van der Waals surface area contributed by atoms with Crippen LogP contribution in [0.2, 0.25) is 0 Å². The predicted octanol–water partition coefficient (Wildman–Crippen LogP) is 4.08. The maximum atomic E-state index is 13.1. The Labute approximate surface area is 122 Å². The molecular weight excluding hydrogens is 297 g/mol. The maximum absolute atomic E-state index is 13.1. The zero-order valence-electron chi connectivity index (χ0n) is 11.3. The van der Waals surface area contributed by atoms with Gasteiger partial charge in [0, 0.05) is 5.92 Å². The van der Waals surface area contributed by atoms with E-state index in [0.717, 1.165) is 12.8 Å². The first kappa shape index (κ1) is 14.4. The second-order valence-electron chi connectivity index (χ2n) is 4.96. The van der Waals surface area contributed by atoms with Crippen molar-refractivity contribution in [2.45, 2.75) is 24.9 Å². The standard InChI is InChI=1S/C14H11F3N4O/c15-14(16,17)11-10(21-20-9-4-2-1-3-5-9)13(22)19-12(18-11)8-6-7-8/h1-5,8H,6-7H2,(H,18,19,22). The van der Waals surface area contributed by atoms with E-state index in [0.29, 0.717) is 5.69 Å². The van der Waals surface area contributed by atoms with Crippen LogP contribution in [0, 0.1) is 0 Å². The van der Waals surface area contributed by atoms with Gasteiger partial charge in [-0.3, -0.25) is 4.79 Å². The first-order valence-corrected chi connectivity index (χ1v) is 6.63. The Kier molecular flexibility index (Phi) is 3.51. The van der Waals surface area contributed by atoms with Crippen molar-refractivity contribution in [2.24, 2.45) is 10.2 Å². The average molecular weight is 308 g/mol. The molecule has 1 heterocycles. The van der Waals surface area contributed by atoms with Crippen LogP contribution in [-0.2, 0) is 6.18 Å². The topological polar surface area (TPSA) is 70.5 Å². The summed E-state index contributed by atoms with van der Waals surface area (Å²) in [4.78, 5) is 17.8. The van der Waals surface area contributed by atoms with E-state index < -0.39 is 23.1 Å². The molecular formula is C14H11F3N4O. The third kappa shape index (κ3) is 3.05. The van der Waals surface area contributed by atoms with Crippen LogP contribution < -0.4 is 5.56 Å². The number of H-pyrrole nitrogens is 1. The molecule has 5 nitrogen and oxygen atoms in total. The maximum Gasteiger partial charge on any atom is 0.435 e. The van der Waals surface area contributed by atoms with E-state index in [1.54, 1.807) is 30.3 Å². The molecule has 1 aromatic heterocycles. The van der Waals surface area contributed by atoms with Crippen molar-refractivity contribution in [3.05, 3.63) is 52.2 Å². The molecule has 1 N–H and O–H groups in total.